The number of amides is 1. The van der Waals surface area contributed by atoms with Gasteiger partial charge in [-0.25, -0.2) is 9.97 Å². The lowest BCUT2D eigenvalue weighted by atomic mass is 9.98. The van der Waals surface area contributed by atoms with Crippen LogP contribution < -0.4 is 0 Å². The molecule has 1 amide bonds. The van der Waals surface area contributed by atoms with Crippen LogP contribution in [0, 0.1) is 0 Å². The summed E-state index contributed by atoms with van der Waals surface area (Å²) in [5.74, 6) is 0.511. The van der Waals surface area contributed by atoms with Crippen molar-refractivity contribution in [3.05, 3.63) is 52.7 Å². The molecule has 1 aliphatic rings. The fourth-order valence-electron chi connectivity index (χ4n) is 3.60. The van der Waals surface area contributed by atoms with Gasteiger partial charge < -0.3 is 4.90 Å². The van der Waals surface area contributed by atoms with Gasteiger partial charge in [-0.15, -0.1) is 22.7 Å². The Balaban J connectivity index is 1.31. The van der Waals surface area contributed by atoms with Crippen LogP contribution in [0.4, 0.5) is 0 Å². The van der Waals surface area contributed by atoms with Crippen molar-refractivity contribution >= 4 is 43.8 Å². The summed E-state index contributed by atoms with van der Waals surface area (Å²) >= 11 is 3.35. The van der Waals surface area contributed by atoms with Crippen LogP contribution in [0.25, 0.3) is 15.2 Å². The van der Waals surface area contributed by atoms with Crippen molar-refractivity contribution in [3.63, 3.8) is 0 Å². The second-order valence-electron chi connectivity index (χ2n) is 6.70. The van der Waals surface area contributed by atoms with E-state index in [0.717, 1.165) is 47.1 Å². The van der Waals surface area contributed by atoms with Crippen LogP contribution in [-0.4, -0.2) is 38.3 Å². The van der Waals surface area contributed by atoms with Gasteiger partial charge in [-0.1, -0.05) is 12.1 Å². The van der Waals surface area contributed by atoms with Gasteiger partial charge in [0.1, 0.15) is 0 Å². The molecule has 3 aromatic heterocycles. The minimum atomic E-state index is 0.168. The Kier molecular flexibility index (Phi) is 3.98. The number of carbonyl (C=O) groups is 1. The zero-order chi connectivity index (χ0) is 17.5. The van der Waals surface area contributed by atoms with Crippen LogP contribution in [0.3, 0.4) is 0 Å². The van der Waals surface area contributed by atoms with E-state index < -0.39 is 0 Å². The Hall–Kier alpha value is -2.25. The molecule has 0 N–H and O–H groups in total. The summed E-state index contributed by atoms with van der Waals surface area (Å²) in [6.07, 6.45) is 6.44. The second kappa shape index (κ2) is 6.48. The van der Waals surface area contributed by atoms with Crippen molar-refractivity contribution in [1.82, 2.24) is 19.3 Å². The number of rotatable bonds is 3. The molecule has 5 rings (SSSR count). The van der Waals surface area contributed by atoms with Crippen molar-refractivity contribution in [1.29, 1.82) is 0 Å². The molecule has 26 heavy (non-hydrogen) atoms. The van der Waals surface area contributed by atoms with Gasteiger partial charge in [0.2, 0.25) is 5.91 Å². The third-order valence-electron chi connectivity index (χ3n) is 4.91. The van der Waals surface area contributed by atoms with Gasteiger partial charge >= 0.3 is 0 Å². The van der Waals surface area contributed by atoms with Gasteiger partial charge in [-0.3, -0.25) is 9.20 Å². The van der Waals surface area contributed by atoms with Crippen molar-refractivity contribution < 1.29 is 4.79 Å². The fourth-order valence-corrected chi connectivity index (χ4v) is 5.41. The monoisotopic (exact) mass is 382 g/mol. The predicted molar refractivity (Wildman–Crippen MR) is 105 cm³/mol. The first-order chi connectivity index (χ1) is 12.8. The van der Waals surface area contributed by atoms with Gasteiger partial charge in [-0.2, -0.15) is 0 Å². The molecule has 132 valence electrons. The summed E-state index contributed by atoms with van der Waals surface area (Å²) in [7, 11) is 0. The highest BCUT2D eigenvalue weighted by molar-refractivity contribution is 7.18. The van der Waals surface area contributed by atoms with Crippen molar-refractivity contribution in [2.75, 3.05) is 13.1 Å². The molecule has 7 heteroatoms. The molecule has 1 unspecified atom stereocenters. The van der Waals surface area contributed by atoms with Gasteiger partial charge in [0.25, 0.3) is 0 Å². The van der Waals surface area contributed by atoms with Gasteiger partial charge in [0.05, 0.1) is 27.3 Å². The average Bonchev–Trinajstić information content (AvgIpc) is 3.35. The molecular formula is C19H18N4OS2. The van der Waals surface area contributed by atoms with Crippen LogP contribution in [0.1, 0.15) is 29.5 Å². The highest BCUT2D eigenvalue weighted by atomic mass is 32.1. The summed E-state index contributed by atoms with van der Waals surface area (Å²) in [5, 5.41) is 3.16. The molecule has 5 nitrogen and oxygen atoms in total. The Morgan fingerprint density at radius 3 is 3.08 bits per heavy atom. The Morgan fingerprint density at radius 2 is 2.19 bits per heavy atom. The zero-order valence-corrected chi connectivity index (χ0v) is 15.8. The number of piperidine rings is 1. The molecule has 1 aromatic carbocycles. The highest BCUT2D eigenvalue weighted by Crippen LogP contribution is 2.33. The summed E-state index contributed by atoms with van der Waals surface area (Å²) in [6.45, 7) is 1.60. The van der Waals surface area contributed by atoms with Crippen molar-refractivity contribution in [2.24, 2.45) is 0 Å². The number of para-hydroxylation sites is 1. The van der Waals surface area contributed by atoms with E-state index >= 15 is 0 Å². The summed E-state index contributed by atoms with van der Waals surface area (Å²) in [4.78, 5) is 25.1. The number of carbonyl (C=O) groups excluding carboxylic acids is 1. The van der Waals surface area contributed by atoms with Gasteiger partial charge in [0.15, 0.2) is 4.96 Å². The predicted octanol–water partition coefficient (Wildman–Crippen LogP) is 3.95. The topological polar surface area (TPSA) is 50.5 Å². The lowest BCUT2D eigenvalue weighted by Crippen LogP contribution is -2.40. The number of likely N-dealkylation sites (tertiary alicyclic amines) is 1. The van der Waals surface area contributed by atoms with E-state index in [9.17, 15) is 4.79 Å². The quantitative estimate of drug-likeness (QED) is 0.539. The highest BCUT2D eigenvalue weighted by Gasteiger charge is 2.27. The number of aromatic nitrogens is 3. The van der Waals surface area contributed by atoms with Crippen LogP contribution in [0.2, 0.25) is 0 Å². The number of benzene rings is 1. The zero-order valence-electron chi connectivity index (χ0n) is 14.2. The minimum Gasteiger partial charge on any atom is -0.342 e. The molecule has 0 radical (unpaired) electrons. The first kappa shape index (κ1) is 16.0. The van der Waals surface area contributed by atoms with Crippen LogP contribution in [0.15, 0.2) is 42.0 Å². The smallest absolute Gasteiger partial charge is 0.228 e. The fraction of sp³-hybridized carbons (Fsp3) is 0.316. The summed E-state index contributed by atoms with van der Waals surface area (Å²) in [6, 6.07) is 8.26. The second-order valence-corrected chi connectivity index (χ2v) is 8.64. The van der Waals surface area contributed by atoms with Crippen LogP contribution in [-0.2, 0) is 11.2 Å². The SMILES string of the molecule is O=C(Cc1cn2ccsc2n1)N1CCCC(c2nc3ccccc3s2)C1. The molecule has 4 heterocycles. The first-order valence-electron chi connectivity index (χ1n) is 8.80. The normalized spacial score (nSPS) is 18.0. The largest absolute Gasteiger partial charge is 0.342 e. The van der Waals surface area contributed by atoms with E-state index in [-0.39, 0.29) is 5.91 Å². The third-order valence-corrected chi connectivity index (χ3v) is 6.88. The van der Waals surface area contributed by atoms with Gasteiger partial charge in [-0.05, 0) is 25.0 Å². The lowest BCUT2D eigenvalue weighted by molar-refractivity contribution is -0.131. The Bertz CT molecular complexity index is 1020. The summed E-state index contributed by atoms with van der Waals surface area (Å²) < 4.78 is 3.21. The first-order valence-corrected chi connectivity index (χ1v) is 10.5. The average molecular weight is 383 g/mol. The van der Waals surface area contributed by atoms with E-state index in [4.69, 9.17) is 4.98 Å². The molecule has 0 spiro atoms. The minimum absolute atomic E-state index is 0.168. The van der Waals surface area contributed by atoms with E-state index in [1.807, 2.05) is 33.1 Å². The van der Waals surface area contributed by atoms with E-state index in [1.54, 1.807) is 22.7 Å². The van der Waals surface area contributed by atoms with Crippen LogP contribution in [0.5, 0.6) is 0 Å². The van der Waals surface area contributed by atoms with Crippen molar-refractivity contribution in [3.8, 4) is 0 Å². The van der Waals surface area contributed by atoms with E-state index in [2.05, 4.69) is 23.2 Å². The van der Waals surface area contributed by atoms with Crippen LogP contribution >= 0.6 is 22.7 Å². The number of imidazole rings is 1. The molecule has 1 atom stereocenters. The standard InChI is InChI=1S/C19H18N4OS2/c24-17(10-14-12-23-8-9-25-19(23)20-14)22-7-3-4-13(11-22)18-21-15-5-1-2-6-16(15)26-18/h1-2,5-6,8-9,12-13H,3-4,7,10-11H2. The number of nitrogens with zero attached hydrogens (tertiary/aromatic N) is 4. The number of hydrogen-bond donors (Lipinski definition) is 0. The number of thiazole rings is 2. The molecule has 0 bridgehead atoms. The molecule has 1 aliphatic heterocycles. The number of hydrogen-bond acceptors (Lipinski definition) is 5. The molecule has 1 fully saturated rings. The molecule has 0 saturated carbocycles. The Morgan fingerprint density at radius 1 is 1.27 bits per heavy atom. The maximum atomic E-state index is 12.8. The summed E-state index contributed by atoms with van der Waals surface area (Å²) in [5.41, 5.74) is 1.91. The van der Waals surface area contributed by atoms with Gasteiger partial charge in [0, 0.05) is 36.8 Å². The Labute approximate surface area is 158 Å². The third kappa shape index (κ3) is 2.91. The maximum absolute atomic E-state index is 12.8. The molecule has 0 aliphatic carbocycles. The van der Waals surface area contributed by atoms with Crippen molar-refractivity contribution in [2.45, 2.75) is 25.2 Å². The molecule has 1 saturated heterocycles. The lowest BCUT2D eigenvalue weighted by Gasteiger charge is -2.31. The van der Waals surface area contributed by atoms with E-state index in [1.165, 1.54) is 4.70 Å². The number of fused-ring (bicyclic) bond motifs is 2. The maximum Gasteiger partial charge on any atom is 0.228 e. The molecular weight excluding hydrogens is 364 g/mol. The van der Waals surface area contributed by atoms with E-state index in [0.29, 0.717) is 12.3 Å². The molecule has 4 aromatic rings.